The summed E-state index contributed by atoms with van der Waals surface area (Å²) in [6.45, 7) is 10.3. The van der Waals surface area contributed by atoms with Gasteiger partial charge < -0.3 is 23.7 Å². The number of aryl methyl sites for hydroxylation is 1. The summed E-state index contributed by atoms with van der Waals surface area (Å²) in [6, 6.07) is 25.4. The monoisotopic (exact) mass is 734 g/mol. The molecule has 0 fully saturated rings. The summed E-state index contributed by atoms with van der Waals surface area (Å²) in [5.74, 6) is -0.449. The minimum Gasteiger partial charge on any atom is -0.494 e. The van der Waals surface area contributed by atoms with Gasteiger partial charge in [0.2, 0.25) is 0 Å². The van der Waals surface area contributed by atoms with Crippen molar-refractivity contribution in [3.05, 3.63) is 126 Å². The Hall–Kier alpha value is -6.10. The highest BCUT2D eigenvalue weighted by Gasteiger charge is 2.14. The number of rotatable bonds is 20. The van der Waals surface area contributed by atoms with E-state index in [1.165, 1.54) is 24.3 Å². The highest BCUT2D eigenvalue weighted by molar-refractivity contribution is 5.93. The van der Waals surface area contributed by atoms with Crippen LogP contribution in [0.25, 0.3) is 0 Å². The van der Waals surface area contributed by atoms with E-state index >= 15 is 0 Å². The van der Waals surface area contributed by atoms with E-state index < -0.39 is 17.9 Å². The lowest BCUT2D eigenvalue weighted by atomic mass is 10.1. The molecule has 11 nitrogen and oxygen atoms in total. The summed E-state index contributed by atoms with van der Waals surface area (Å²) in [5, 5.41) is 8.55. The lowest BCUT2D eigenvalue weighted by Gasteiger charge is -2.10. The van der Waals surface area contributed by atoms with E-state index in [1.807, 2.05) is 38.1 Å². The van der Waals surface area contributed by atoms with Gasteiger partial charge in [-0.05, 0) is 129 Å². The number of benzene rings is 4. The minimum absolute atomic E-state index is 0.0568. The fraction of sp³-hybridized carbons (Fsp3) is 0.302. The number of azo groups is 1. The van der Waals surface area contributed by atoms with Gasteiger partial charge in [-0.25, -0.2) is 14.4 Å². The molecule has 1 atom stereocenters. The smallest absolute Gasteiger partial charge is 0.343 e. The van der Waals surface area contributed by atoms with E-state index in [-0.39, 0.29) is 29.8 Å². The quantitative estimate of drug-likeness (QED) is 0.0285. The van der Waals surface area contributed by atoms with Gasteiger partial charge >= 0.3 is 23.9 Å². The van der Waals surface area contributed by atoms with Crippen molar-refractivity contribution in [2.75, 3.05) is 19.8 Å². The van der Waals surface area contributed by atoms with Crippen LogP contribution in [0.3, 0.4) is 0 Å². The molecule has 0 saturated heterocycles. The number of hydrogen-bond donors (Lipinski definition) is 0. The van der Waals surface area contributed by atoms with Crippen LogP contribution >= 0.6 is 0 Å². The highest BCUT2D eigenvalue weighted by atomic mass is 16.5. The van der Waals surface area contributed by atoms with Crippen molar-refractivity contribution in [2.24, 2.45) is 16.1 Å². The Morgan fingerprint density at radius 1 is 0.685 bits per heavy atom. The van der Waals surface area contributed by atoms with Crippen LogP contribution in [0.2, 0.25) is 0 Å². The molecule has 0 saturated carbocycles. The standard InChI is InChI=1S/C43H46N2O9/c1-5-30(3)41(47)52-27-10-8-7-9-26-50-37-20-13-33(14-21-37)42(48)53-38-22-15-34(16-23-38)43(49)54-39-24-19-36(29-31(39)4)45-44-35-17-11-32(12-18-35)25-28-51-40(46)6-2/h6,11-24,29-30H,2,5,7-10,25-28H2,1,3-4H3. The largest absolute Gasteiger partial charge is 0.494 e. The maximum atomic E-state index is 12.9. The fourth-order valence-electron chi connectivity index (χ4n) is 4.88. The molecule has 282 valence electrons. The zero-order valence-corrected chi connectivity index (χ0v) is 31.0. The van der Waals surface area contributed by atoms with E-state index in [1.54, 1.807) is 49.4 Å². The predicted octanol–water partition coefficient (Wildman–Crippen LogP) is 9.65. The Kier molecular flexibility index (Phi) is 16.1. The Balaban J connectivity index is 1.17. The number of carbonyl (C=O) groups excluding carboxylic acids is 4. The van der Waals surface area contributed by atoms with E-state index in [2.05, 4.69) is 16.8 Å². The van der Waals surface area contributed by atoms with Crippen molar-refractivity contribution in [3.8, 4) is 17.2 Å². The van der Waals surface area contributed by atoms with Gasteiger partial charge in [-0.3, -0.25) is 4.79 Å². The number of unbranched alkanes of at least 4 members (excludes halogenated alkanes) is 3. The van der Waals surface area contributed by atoms with Gasteiger partial charge in [0.25, 0.3) is 0 Å². The Labute approximate surface area is 316 Å². The topological polar surface area (TPSA) is 139 Å². The first-order valence-corrected chi connectivity index (χ1v) is 18.0. The number of carbonyl (C=O) groups is 4. The number of hydrogen-bond acceptors (Lipinski definition) is 11. The van der Waals surface area contributed by atoms with Crippen molar-refractivity contribution in [1.29, 1.82) is 0 Å². The molecule has 4 aromatic carbocycles. The van der Waals surface area contributed by atoms with Gasteiger partial charge in [0.15, 0.2) is 0 Å². The van der Waals surface area contributed by atoms with Crippen molar-refractivity contribution in [1.82, 2.24) is 0 Å². The van der Waals surface area contributed by atoms with Crippen LogP contribution in [0, 0.1) is 12.8 Å². The van der Waals surface area contributed by atoms with Gasteiger partial charge in [-0.15, -0.1) is 0 Å². The SMILES string of the molecule is C=CC(=O)OCCc1ccc(N=Nc2ccc(OC(=O)c3ccc(OC(=O)c4ccc(OCCCCCCOC(=O)C(C)CC)cc4)cc3)c(C)c2)cc1. The summed E-state index contributed by atoms with van der Waals surface area (Å²) in [5.41, 5.74) is 3.57. The van der Waals surface area contributed by atoms with Gasteiger partial charge in [0.05, 0.1) is 48.2 Å². The minimum atomic E-state index is -0.567. The lowest BCUT2D eigenvalue weighted by Crippen LogP contribution is -2.14. The fourth-order valence-corrected chi connectivity index (χ4v) is 4.88. The molecule has 4 rings (SSSR count). The first-order valence-electron chi connectivity index (χ1n) is 18.0. The van der Waals surface area contributed by atoms with Crippen LogP contribution in [0.1, 0.15) is 77.8 Å². The van der Waals surface area contributed by atoms with Crippen LogP contribution in [0.4, 0.5) is 11.4 Å². The summed E-state index contributed by atoms with van der Waals surface area (Å²) in [4.78, 5) is 48.5. The van der Waals surface area contributed by atoms with Crippen LogP contribution in [0.5, 0.6) is 17.2 Å². The third-order valence-electron chi connectivity index (χ3n) is 8.34. The van der Waals surface area contributed by atoms with Crippen LogP contribution in [0.15, 0.2) is 114 Å². The van der Waals surface area contributed by atoms with Crippen LogP contribution in [-0.2, 0) is 25.5 Å². The molecule has 0 amide bonds. The van der Waals surface area contributed by atoms with Crippen molar-refractivity contribution >= 4 is 35.3 Å². The van der Waals surface area contributed by atoms with E-state index in [9.17, 15) is 19.2 Å². The Bertz CT molecular complexity index is 1890. The first-order chi connectivity index (χ1) is 26.1. The predicted molar refractivity (Wildman–Crippen MR) is 204 cm³/mol. The molecule has 0 spiro atoms. The second-order valence-corrected chi connectivity index (χ2v) is 12.5. The normalized spacial score (nSPS) is 11.4. The molecule has 0 aliphatic heterocycles. The number of nitrogens with zero attached hydrogens (tertiary/aromatic N) is 2. The Morgan fingerprint density at radius 2 is 1.28 bits per heavy atom. The summed E-state index contributed by atoms with van der Waals surface area (Å²) < 4.78 is 27.2. The average molecular weight is 735 g/mol. The summed E-state index contributed by atoms with van der Waals surface area (Å²) >= 11 is 0. The average Bonchev–Trinajstić information content (AvgIpc) is 3.19. The number of esters is 4. The summed E-state index contributed by atoms with van der Waals surface area (Å²) in [7, 11) is 0. The molecule has 54 heavy (non-hydrogen) atoms. The molecular formula is C43H46N2O9. The Morgan fingerprint density at radius 3 is 1.91 bits per heavy atom. The third kappa shape index (κ3) is 13.5. The van der Waals surface area contributed by atoms with E-state index in [0.717, 1.165) is 43.7 Å². The molecule has 0 aliphatic rings. The molecule has 0 N–H and O–H groups in total. The number of ether oxygens (including phenoxy) is 5. The molecule has 1 unspecified atom stereocenters. The summed E-state index contributed by atoms with van der Waals surface area (Å²) in [6.07, 6.45) is 6.09. The molecular weight excluding hydrogens is 688 g/mol. The molecule has 4 aromatic rings. The van der Waals surface area contributed by atoms with Crippen molar-refractivity contribution in [2.45, 2.75) is 59.3 Å². The van der Waals surface area contributed by atoms with E-state index in [0.29, 0.717) is 53.6 Å². The van der Waals surface area contributed by atoms with Crippen LogP contribution in [-0.4, -0.2) is 43.7 Å². The van der Waals surface area contributed by atoms with Gasteiger partial charge in [-0.1, -0.05) is 32.6 Å². The zero-order chi connectivity index (χ0) is 38.7. The zero-order valence-electron chi connectivity index (χ0n) is 31.0. The molecule has 0 heterocycles. The lowest BCUT2D eigenvalue weighted by molar-refractivity contribution is -0.148. The highest BCUT2D eigenvalue weighted by Crippen LogP contribution is 2.27. The van der Waals surface area contributed by atoms with Gasteiger partial charge in [-0.2, -0.15) is 10.2 Å². The van der Waals surface area contributed by atoms with Gasteiger partial charge in [0, 0.05) is 12.5 Å². The first kappa shape index (κ1) is 40.7. The van der Waals surface area contributed by atoms with Crippen molar-refractivity contribution in [3.63, 3.8) is 0 Å². The molecule has 11 heteroatoms. The molecule has 0 aromatic heterocycles. The second kappa shape index (κ2) is 21.4. The second-order valence-electron chi connectivity index (χ2n) is 12.5. The van der Waals surface area contributed by atoms with Crippen LogP contribution < -0.4 is 14.2 Å². The third-order valence-corrected chi connectivity index (χ3v) is 8.34. The van der Waals surface area contributed by atoms with Gasteiger partial charge in [0.1, 0.15) is 17.2 Å². The molecule has 0 bridgehead atoms. The molecule has 0 radical (unpaired) electrons. The molecule has 0 aliphatic carbocycles. The maximum absolute atomic E-state index is 12.9. The van der Waals surface area contributed by atoms with E-state index in [4.69, 9.17) is 23.7 Å². The van der Waals surface area contributed by atoms with Crippen molar-refractivity contribution < 1.29 is 42.9 Å². The maximum Gasteiger partial charge on any atom is 0.343 e.